The van der Waals surface area contributed by atoms with Gasteiger partial charge < -0.3 is 19.7 Å². The second kappa shape index (κ2) is 6.67. The highest BCUT2D eigenvalue weighted by atomic mass is 16.5. The lowest BCUT2D eigenvalue weighted by Gasteiger charge is -2.09. The number of aryl methyl sites for hydroxylation is 2. The summed E-state index contributed by atoms with van der Waals surface area (Å²) < 4.78 is 10.2. The quantitative estimate of drug-likeness (QED) is 0.552. The molecule has 0 aliphatic carbocycles. The summed E-state index contributed by atoms with van der Waals surface area (Å²) in [5, 5.41) is 14.0. The van der Waals surface area contributed by atoms with Crippen LogP contribution in [0.15, 0.2) is 57.6 Å². The van der Waals surface area contributed by atoms with Crippen LogP contribution in [0.25, 0.3) is 11.3 Å². The highest BCUT2D eigenvalue weighted by molar-refractivity contribution is 5.67. The first-order valence-corrected chi connectivity index (χ1v) is 8.01. The molecule has 0 atom stereocenters. The first-order valence-electron chi connectivity index (χ1n) is 8.01. The maximum atomic E-state index is 5.09. The average Bonchev–Trinajstić information content (AvgIpc) is 3.23. The van der Waals surface area contributed by atoms with Crippen LogP contribution in [0.1, 0.15) is 11.5 Å². The van der Waals surface area contributed by atoms with E-state index in [2.05, 4.69) is 30.9 Å². The molecule has 130 valence electrons. The number of aromatic nitrogens is 4. The van der Waals surface area contributed by atoms with E-state index >= 15 is 0 Å². The van der Waals surface area contributed by atoms with Gasteiger partial charge >= 0.3 is 0 Å². The van der Waals surface area contributed by atoms with Crippen molar-refractivity contribution < 1.29 is 9.05 Å². The molecule has 0 unspecified atom stereocenters. The zero-order chi connectivity index (χ0) is 17.9. The van der Waals surface area contributed by atoms with Gasteiger partial charge in [-0.1, -0.05) is 40.6 Å². The first-order chi connectivity index (χ1) is 12.7. The van der Waals surface area contributed by atoms with Crippen molar-refractivity contribution in [3.05, 3.63) is 60.1 Å². The standard InChI is InChI=1S/C18H16N6O2/c1-11-8-16(23-25-11)20-15-10-14(13-6-4-3-5-7-13)19-18(21-15)22-17-9-12(2)26-24-17/h3-10H,1-2H3,(H2,19,20,21,22,23,24). The number of nitrogens with one attached hydrogen (secondary N) is 2. The Hall–Kier alpha value is -3.68. The maximum absolute atomic E-state index is 5.09. The molecule has 0 aliphatic rings. The second-order valence-corrected chi connectivity index (χ2v) is 5.72. The fraction of sp³-hybridized carbons (Fsp3) is 0.111. The van der Waals surface area contributed by atoms with Crippen molar-refractivity contribution >= 4 is 23.4 Å². The van der Waals surface area contributed by atoms with E-state index < -0.39 is 0 Å². The van der Waals surface area contributed by atoms with Crippen molar-refractivity contribution in [1.82, 2.24) is 20.3 Å². The predicted octanol–water partition coefficient (Wildman–Crippen LogP) is 4.22. The van der Waals surface area contributed by atoms with Crippen LogP contribution in [-0.4, -0.2) is 20.3 Å². The Labute approximate surface area is 149 Å². The average molecular weight is 348 g/mol. The summed E-state index contributed by atoms with van der Waals surface area (Å²) in [4.78, 5) is 9.04. The summed E-state index contributed by atoms with van der Waals surface area (Å²) in [6.45, 7) is 3.65. The third-order valence-electron chi connectivity index (χ3n) is 3.55. The van der Waals surface area contributed by atoms with E-state index in [0.717, 1.165) is 11.3 Å². The van der Waals surface area contributed by atoms with Crippen LogP contribution >= 0.6 is 0 Å². The zero-order valence-electron chi connectivity index (χ0n) is 14.2. The van der Waals surface area contributed by atoms with E-state index in [4.69, 9.17) is 9.05 Å². The van der Waals surface area contributed by atoms with E-state index in [1.165, 1.54) is 0 Å². The number of benzene rings is 1. The minimum atomic E-state index is 0.391. The van der Waals surface area contributed by atoms with Crippen molar-refractivity contribution in [1.29, 1.82) is 0 Å². The lowest BCUT2D eigenvalue weighted by atomic mass is 10.1. The van der Waals surface area contributed by atoms with Crippen LogP contribution in [-0.2, 0) is 0 Å². The number of hydrogen-bond acceptors (Lipinski definition) is 8. The van der Waals surface area contributed by atoms with E-state index in [1.54, 1.807) is 12.1 Å². The molecule has 0 spiro atoms. The Morgan fingerprint density at radius 1 is 0.731 bits per heavy atom. The van der Waals surface area contributed by atoms with Gasteiger partial charge in [-0.2, -0.15) is 4.98 Å². The molecule has 0 amide bonds. The third kappa shape index (κ3) is 3.54. The van der Waals surface area contributed by atoms with Gasteiger partial charge in [0.1, 0.15) is 17.3 Å². The minimum Gasteiger partial charge on any atom is -0.360 e. The summed E-state index contributed by atoms with van der Waals surface area (Å²) in [6, 6.07) is 15.2. The summed E-state index contributed by atoms with van der Waals surface area (Å²) in [7, 11) is 0. The molecular weight excluding hydrogens is 332 g/mol. The van der Waals surface area contributed by atoms with Crippen LogP contribution in [0.3, 0.4) is 0 Å². The number of rotatable bonds is 5. The van der Waals surface area contributed by atoms with E-state index in [0.29, 0.717) is 34.9 Å². The molecule has 3 aromatic heterocycles. The lowest BCUT2D eigenvalue weighted by Crippen LogP contribution is -2.02. The second-order valence-electron chi connectivity index (χ2n) is 5.72. The van der Waals surface area contributed by atoms with Crippen molar-refractivity contribution in [2.75, 3.05) is 10.6 Å². The summed E-state index contributed by atoms with van der Waals surface area (Å²) in [5.74, 6) is 3.49. The van der Waals surface area contributed by atoms with Crippen molar-refractivity contribution in [3.63, 3.8) is 0 Å². The fourth-order valence-electron chi connectivity index (χ4n) is 2.42. The smallest absolute Gasteiger partial charge is 0.231 e. The van der Waals surface area contributed by atoms with E-state index in [-0.39, 0.29) is 0 Å². The van der Waals surface area contributed by atoms with Gasteiger partial charge in [0, 0.05) is 23.8 Å². The van der Waals surface area contributed by atoms with Gasteiger partial charge in [-0.15, -0.1) is 0 Å². The van der Waals surface area contributed by atoms with Gasteiger partial charge in [-0.05, 0) is 13.8 Å². The molecule has 0 saturated carbocycles. The van der Waals surface area contributed by atoms with Gasteiger partial charge in [-0.3, -0.25) is 0 Å². The normalized spacial score (nSPS) is 10.7. The SMILES string of the molecule is Cc1cc(Nc2cc(-c3ccccc3)nc(Nc3cc(C)on3)n2)no1. The molecule has 0 bridgehead atoms. The van der Waals surface area contributed by atoms with Crippen molar-refractivity contribution in [2.24, 2.45) is 0 Å². The third-order valence-corrected chi connectivity index (χ3v) is 3.55. The topological polar surface area (TPSA) is 102 Å². The van der Waals surface area contributed by atoms with Crippen LogP contribution in [0.4, 0.5) is 23.4 Å². The molecule has 26 heavy (non-hydrogen) atoms. The van der Waals surface area contributed by atoms with E-state index in [9.17, 15) is 0 Å². The summed E-state index contributed by atoms with van der Waals surface area (Å²) in [5.41, 5.74) is 1.72. The Morgan fingerprint density at radius 2 is 1.38 bits per heavy atom. The van der Waals surface area contributed by atoms with E-state index in [1.807, 2.05) is 50.2 Å². The number of hydrogen-bond donors (Lipinski definition) is 2. The van der Waals surface area contributed by atoms with Crippen molar-refractivity contribution in [3.8, 4) is 11.3 Å². The van der Waals surface area contributed by atoms with Crippen LogP contribution in [0, 0.1) is 13.8 Å². The molecule has 0 saturated heterocycles. The number of anilines is 4. The monoisotopic (exact) mass is 348 g/mol. The number of nitrogens with zero attached hydrogens (tertiary/aromatic N) is 4. The molecule has 8 heteroatoms. The molecule has 3 heterocycles. The van der Waals surface area contributed by atoms with Gasteiger partial charge in [0.05, 0.1) is 5.69 Å². The Morgan fingerprint density at radius 3 is 2.00 bits per heavy atom. The van der Waals surface area contributed by atoms with Crippen LogP contribution in [0.2, 0.25) is 0 Å². The molecule has 0 fully saturated rings. The summed E-state index contributed by atoms with van der Waals surface area (Å²) >= 11 is 0. The van der Waals surface area contributed by atoms with Crippen LogP contribution < -0.4 is 10.6 Å². The van der Waals surface area contributed by atoms with Gasteiger partial charge in [0.15, 0.2) is 11.6 Å². The zero-order valence-corrected chi connectivity index (χ0v) is 14.2. The molecule has 4 aromatic rings. The summed E-state index contributed by atoms with van der Waals surface area (Å²) in [6.07, 6.45) is 0. The predicted molar refractivity (Wildman–Crippen MR) is 96.5 cm³/mol. The molecule has 0 radical (unpaired) electrons. The van der Waals surface area contributed by atoms with Gasteiger partial charge in [0.25, 0.3) is 0 Å². The first kappa shape index (κ1) is 15.8. The maximum Gasteiger partial charge on any atom is 0.231 e. The molecular formula is C18H16N6O2. The van der Waals surface area contributed by atoms with Gasteiger partial charge in [0.2, 0.25) is 5.95 Å². The molecule has 0 aliphatic heterocycles. The van der Waals surface area contributed by atoms with Crippen molar-refractivity contribution in [2.45, 2.75) is 13.8 Å². The largest absolute Gasteiger partial charge is 0.360 e. The highest BCUT2D eigenvalue weighted by Crippen LogP contribution is 2.24. The fourth-order valence-corrected chi connectivity index (χ4v) is 2.42. The van der Waals surface area contributed by atoms with Gasteiger partial charge in [-0.25, -0.2) is 4.98 Å². The minimum absolute atomic E-state index is 0.391. The molecule has 1 aromatic carbocycles. The highest BCUT2D eigenvalue weighted by Gasteiger charge is 2.10. The Balaban J connectivity index is 1.71. The lowest BCUT2D eigenvalue weighted by molar-refractivity contribution is 0.400. The molecule has 4 rings (SSSR count). The van der Waals surface area contributed by atoms with Crippen LogP contribution in [0.5, 0.6) is 0 Å². The molecule has 2 N–H and O–H groups in total. The molecule has 8 nitrogen and oxygen atoms in total. The Bertz CT molecular complexity index is 965. The Kier molecular flexibility index (Phi) is 4.06.